The highest BCUT2D eigenvalue weighted by Crippen LogP contribution is 2.25. The third-order valence-electron chi connectivity index (χ3n) is 1.83. The molecule has 1 rings (SSSR count). The van der Waals surface area contributed by atoms with Crippen LogP contribution in [-0.4, -0.2) is 23.2 Å². The molecule has 4 nitrogen and oxygen atoms in total. The van der Waals surface area contributed by atoms with Crippen LogP contribution in [0.5, 0.6) is 5.88 Å². The standard InChI is InChI=1S/C9H8F4N2O2/c1-4(9(11,12)13)17-8-6(7(14)16)2-5(10)3-15-8/h2-4H,1H3,(H2,14,16)/t4-/m0/s1. The Kier molecular flexibility index (Phi) is 3.54. The quantitative estimate of drug-likeness (QED) is 0.832. The Labute approximate surface area is 93.4 Å². The van der Waals surface area contributed by atoms with Gasteiger partial charge in [-0.1, -0.05) is 0 Å². The maximum Gasteiger partial charge on any atom is 0.425 e. The Morgan fingerprint density at radius 1 is 1.53 bits per heavy atom. The van der Waals surface area contributed by atoms with Gasteiger partial charge in [0.05, 0.1) is 6.20 Å². The molecule has 0 aliphatic carbocycles. The first-order valence-electron chi connectivity index (χ1n) is 4.40. The number of halogens is 4. The maximum absolute atomic E-state index is 12.7. The van der Waals surface area contributed by atoms with Gasteiger partial charge < -0.3 is 10.5 Å². The predicted molar refractivity (Wildman–Crippen MR) is 48.9 cm³/mol. The number of carbonyl (C=O) groups is 1. The van der Waals surface area contributed by atoms with Crippen molar-refractivity contribution in [2.24, 2.45) is 5.73 Å². The lowest BCUT2D eigenvalue weighted by molar-refractivity contribution is -0.190. The SMILES string of the molecule is C[C@H](Oc1ncc(F)cc1C(N)=O)C(F)(F)F. The van der Waals surface area contributed by atoms with Gasteiger partial charge in [0.25, 0.3) is 5.91 Å². The molecule has 94 valence electrons. The number of alkyl halides is 3. The molecule has 0 bridgehead atoms. The van der Waals surface area contributed by atoms with E-state index in [9.17, 15) is 22.4 Å². The summed E-state index contributed by atoms with van der Waals surface area (Å²) in [5, 5.41) is 0. The normalized spacial score (nSPS) is 13.2. The highest BCUT2D eigenvalue weighted by atomic mass is 19.4. The van der Waals surface area contributed by atoms with Crippen molar-refractivity contribution in [1.82, 2.24) is 4.98 Å². The van der Waals surface area contributed by atoms with E-state index in [2.05, 4.69) is 9.72 Å². The molecule has 0 fully saturated rings. The fourth-order valence-electron chi connectivity index (χ4n) is 0.931. The second-order valence-electron chi connectivity index (χ2n) is 3.17. The molecule has 17 heavy (non-hydrogen) atoms. The summed E-state index contributed by atoms with van der Waals surface area (Å²) in [7, 11) is 0. The van der Waals surface area contributed by atoms with Crippen LogP contribution in [0.1, 0.15) is 17.3 Å². The Balaban J connectivity index is 3.03. The number of primary amides is 1. The number of amides is 1. The first-order valence-corrected chi connectivity index (χ1v) is 4.40. The highest BCUT2D eigenvalue weighted by Gasteiger charge is 2.38. The number of nitrogens with zero attached hydrogens (tertiary/aromatic N) is 1. The number of hydrogen-bond donors (Lipinski definition) is 1. The number of rotatable bonds is 3. The average molecular weight is 252 g/mol. The number of ether oxygens (including phenoxy) is 1. The molecular formula is C9H8F4N2O2. The second kappa shape index (κ2) is 4.56. The highest BCUT2D eigenvalue weighted by molar-refractivity contribution is 5.94. The molecule has 1 aromatic rings. The van der Waals surface area contributed by atoms with Gasteiger partial charge in [-0.15, -0.1) is 0 Å². The number of nitrogens with two attached hydrogens (primary N) is 1. The monoisotopic (exact) mass is 252 g/mol. The molecule has 0 unspecified atom stereocenters. The Hall–Kier alpha value is -1.86. The van der Waals surface area contributed by atoms with Crippen molar-refractivity contribution in [3.05, 3.63) is 23.6 Å². The van der Waals surface area contributed by atoms with Crippen LogP contribution in [-0.2, 0) is 0 Å². The molecular weight excluding hydrogens is 244 g/mol. The van der Waals surface area contributed by atoms with Gasteiger partial charge in [-0.05, 0) is 13.0 Å². The number of aromatic nitrogens is 1. The van der Waals surface area contributed by atoms with Gasteiger partial charge in [-0.3, -0.25) is 4.79 Å². The zero-order chi connectivity index (χ0) is 13.2. The van der Waals surface area contributed by atoms with Gasteiger partial charge in [-0.2, -0.15) is 13.2 Å². The van der Waals surface area contributed by atoms with Crippen LogP contribution in [0.25, 0.3) is 0 Å². The lowest BCUT2D eigenvalue weighted by Crippen LogP contribution is -2.32. The van der Waals surface area contributed by atoms with Crippen molar-refractivity contribution < 1.29 is 27.1 Å². The van der Waals surface area contributed by atoms with Crippen LogP contribution in [0.15, 0.2) is 12.3 Å². The summed E-state index contributed by atoms with van der Waals surface area (Å²) in [6.07, 6.45) is -6.17. The van der Waals surface area contributed by atoms with Gasteiger partial charge in [0, 0.05) is 0 Å². The summed E-state index contributed by atoms with van der Waals surface area (Å²) < 4.78 is 53.8. The smallest absolute Gasteiger partial charge is 0.425 e. The molecule has 0 aromatic carbocycles. The Morgan fingerprint density at radius 3 is 2.59 bits per heavy atom. The van der Waals surface area contributed by atoms with Crippen molar-refractivity contribution in [2.45, 2.75) is 19.2 Å². The van der Waals surface area contributed by atoms with Crippen LogP contribution < -0.4 is 10.5 Å². The molecule has 0 spiro atoms. The second-order valence-corrected chi connectivity index (χ2v) is 3.17. The molecule has 2 N–H and O–H groups in total. The minimum Gasteiger partial charge on any atom is -0.464 e. The van der Waals surface area contributed by atoms with Crippen LogP contribution >= 0.6 is 0 Å². The number of hydrogen-bond acceptors (Lipinski definition) is 3. The van der Waals surface area contributed by atoms with E-state index in [1.54, 1.807) is 0 Å². The largest absolute Gasteiger partial charge is 0.464 e. The first-order chi connectivity index (χ1) is 7.71. The number of carbonyl (C=O) groups excluding carboxylic acids is 1. The van der Waals surface area contributed by atoms with Crippen LogP contribution in [0.3, 0.4) is 0 Å². The zero-order valence-electron chi connectivity index (χ0n) is 8.58. The lowest BCUT2D eigenvalue weighted by Gasteiger charge is -2.17. The van der Waals surface area contributed by atoms with Gasteiger partial charge in [0.15, 0.2) is 6.10 Å². The van der Waals surface area contributed by atoms with Gasteiger partial charge in [-0.25, -0.2) is 9.37 Å². The van der Waals surface area contributed by atoms with Crippen molar-refractivity contribution in [3.8, 4) is 5.88 Å². The van der Waals surface area contributed by atoms with Crippen LogP contribution in [0.2, 0.25) is 0 Å². The number of pyridine rings is 1. The topological polar surface area (TPSA) is 65.2 Å². The fourth-order valence-corrected chi connectivity index (χ4v) is 0.931. The molecule has 1 atom stereocenters. The van der Waals surface area contributed by atoms with E-state index < -0.39 is 35.4 Å². The molecule has 1 aromatic heterocycles. The van der Waals surface area contributed by atoms with Crippen molar-refractivity contribution in [3.63, 3.8) is 0 Å². The summed E-state index contributed by atoms with van der Waals surface area (Å²) in [6.45, 7) is 0.732. The lowest BCUT2D eigenvalue weighted by atomic mass is 10.2. The minimum absolute atomic E-state index is 0.541. The van der Waals surface area contributed by atoms with E-state index in [-0.39, 0.29) is 0 Å². The Morgan fingerprint density at radius 2 is 2.12 bits per heavy atom. The summed E-state index contributed by atoms with van der Waals surface area (Å²) >= 11 is 0. The van der Waals surface area contributed by atoms with Crippen molar-refractivity contribution in [1.29, 1.82) is 0 Å². The summed E-state index contributed by atoms with van der Waals surface area (Å²) in [5.41, 5.74) is 4.32. The molecule has 0 saturated heterocycles. The van der Waals surface area contributed by atoms with E-state index in [0.717, 1.165) is 6.92 Å². The average Bonchev–Trinajstić information content (AvgIpc) is 2.18. The molecule has 0 aliphatic rings. The maximum atomic E-state index is 12.7. The van der Waals surface area contributed by atoms with E-state index >= 15 is 0 Å². The fraction of sp³-hybridized carbons (Fsp3) is 0.333. The molecule has 1 amide bonds. The van der Waals surface area contributed by atoms with Gasteiger partial charge >= 0.3 is 6.18 Å². The van der Waals surface area contributed by atoms with Crippen LogP contribution in [0, 0.1) is 5.82 Å². The van der Waals surface area contributed by atoms with Crippen LogP contribution in [0.4, 0.5) is 17.6 Å². The zero-order valence-corrected chi connectivity index (χ0v) is 8.58. The molecule has 0 aliphatic heterocycles. The predicted octanol–water partition coefficient (Wildman–Crippen LogP) is 1.65. The van der Waals surface area contributed by atoms with Gasteiger partial charge in [0.1, 0.15) is 11.4 Å². The van der Waals surface area contributed by atoms with E-state index in [1.165, 1.54) is 0 Å². The van der Waals surface area contributed by atoms with E-state index in [4.69, 9.17) is 5.73 Å². The molecule has 8 heteroatoms. The molecule has 0 radical (unpaired) electrons. The summed E-state index contributed by atoms with van der Waals surface area (Å²) in [6, 6.07) is 0.660. The third kappa shape index (κ3) is 3.30. The summed E-state index contributed by atoms with van der Waals surface area (Å²) in [5.74, 6) is -2.67. The first kappa shape index (κ1) is 13.2. The minimum atomic E-state index is -4.62. The third-order valence-corrected chi connectivity index (χ3v) is 1.83. The Bertz CT molecular complexity index is 433. The molecule has 1 heterocycles. The van der Waals surface area contributed by atoms with E-state index in [1.807, 2.05) is 0 Å². The van der Waals surface area contributed by atoms with E-state index in [0.29, 0.717) is 12.3 Å². The van der Waals surface area contributed by atoms with Crippen molar-refractivity contribution >= 4 is 5.91 Å². The molecule has 0 saturated carbocycles. The van der Waals surface area contributed by atoms with Gasteiger partial charge in [0.2, 0.25) is 5.88 Å². The van der Waals surface area contributed by atoms with Crippen molar-refractivity contribution in [2.75, 3.05) is 0 Å². The summed E-state index contributed by atoms with van der Waals surface area (Å²) in [4.78, 5) is 14.1.